The van der Waals surface area contributed by atoms with Gasteiger partial charge in [0.05, 0.1) is 23.7 Å². The molecular formula is C28H27F2N5O4. The third-order valence-electron chi connectivity index (χ3n) is 5.66. The number of nitrogens with zero attached hydrogens (tertiary/aromatic N) is 2. The number of nitrogens with one attached hydrogen (secondary N) is 3. The predicted molar refractivity (Wildman–Crippen MR) is 143 cm³/mol. The van der Waals surface area contributed by atoms with E-state index >= 15 is 0 Å². The number of halogens is 2. The second-order valence-electron chi connectivity index (χ2n) is 8.55. The van der Waals surface area contributed by atoms with E-state index in [1.54, 1.807) is 24.3 Å². The molecule has 202 valence electrons. The van der Waals surface area contributed by atoms with Crippen molar-refractivity contribution < 1.29 is 27.8 Å². The average molecular weight is 536 g/mol. The van der Waals surface area contributed by atoms with Crippen LogP contribution in [0.15, 0.2) is 60.9 Å². The van der Waals surface area contributed by atoms with Crippen LogP contribution in [-0.2, 0) is 11.2 Å². The molecule has 39 heavy (non-hydrogen) atoms. The van der Waals surface area contributed by atoms with Gasteiger partial charge in [0.1, 0.15) is 17.9 Å². The number of ether oxygens (including phenoxy) is 2. The van der Waals surface area contributed by atoms with Gasteiger partial charge in [0.25, 0.3) is 0 Å². The number of urea groups is 1. The molecule has 4 rings (SSSR count). The van der Waals surface area contributed by atoms with Gasteiger partial charge in [-0.05, 0) is 48.7 Å². The van der Waals surface area contributed by atoms with Crippen molar-refractivity contribution in [1.29, 1.82) is 0 Å². The summed E-state index contributed by atoms with van der Waals surface area (Å²) in [7, 11) is 1.48. The second-order valence-corrected chi connectivity index (χ2v) is 8.55. The largest absolute Gasteiger partial charge is 0.494 e. The number of benzene rings is 3. The molecule has 1 aromatic heterocycles. The molecule has 3 amide bonds. The van der Waals surface area contributed by atoms with Crippen molar-refractivity contribution in [2.75, 3.05) is 24.3 Å². The van der Waals surface area contributed by atoms with Crippen molar-refractivity contribution in [3.8, 4) is 17.4 Å². The topological polar surface area (TPSA) is 114 Å². The molecule has 1 heterocycles. The molecule has 0 spiro atoms. The number of hydrogen-bond acceptors (Lipinski definition) is 6. The van der Waals surface area contributed by atoms with E-state index in [1.165, 1.54) is 37.7 Å². The lowest BCUT2D eigenvalue weighted by molar-refractivity contribution is -0.116. The summed E-state index contributed by atoms with van der Waals surface area (Å²) < 4.78 is 39.3. The Kier molecular flexibility index (Phi) is 8.82. The molecule has 0 saturated heterocycles. The Hall–Kier alpha value is -4.80. The molecule has 3 aromatic carbocycles. The summed E-state index contributed by atoms with van der Waals surface area (Å²) in [6.45, 7) is 2.17. The minimum absolute atomic E-state index is 0.0725. The molecule has 3 N–H and O–H groups in total. The summed E-state index contributed by atoms with van der Waals surface area (Å²) in [4.78, 5) is 32.7. The lowest BCUT2D eigenvalue weighted by atomic mass is 10.1. The number of anilines is 2. The van der Waals surface area contributed by atoms with Crippen LogP contribution in [0.3, 0.4) is 0 Å². The molecule has 9 nitrogen and oxygen atoms in total. The monoisotopic (exact) mass is 535 g/mol. The van der Waals surface area contributed by atoms with Gasteiger partial charge in [0.15, 0.2) is 11.6 Å². The Bertz CT molecular complexity index is 1500. The number of fused-ring (bicyclic) bond motifs is 1. The maximum absolute atomic E-state index is 14.9. The maximum atomic E-state index is 14.9. The van der Waals surface area contributed by atoms with Crippen LogP contribution in [0, 0.1) is 11.6 Å². The molecule has 0 aliphatic carbocycles. The smallest absolute Gasteiger partial charge is 0.319 e. The highest BCUT2D eigenvalue weighted by Crippen LogP contribution is 2.35. The van der Waals surface area contributed by atoms with Crippen LogP contribution in [-0.4, -0.2) is 35.6 Å². The van der Waals surface area contributed by atoms with Crippen molar-refractivity contribution in [3.63, 3.8) is 0 Å². The first-order valence-corrected chi connectivity index (χ1v) is 12.3. The zero-order valence-corrected chi connectivity index (χ0v) is 21.4. The number of hydrogen-bond donors (Lipinski definition) is 3. The van der Waals surface area contributed by atoms with E-state index in [2.05, 4.69) is 25.9 Å². The number of methoxy groups -OCH3 is 1. The van der Waals surface area contributed by atoms with Crippen LogP contribution < -0.4 is 25.4 Å². The van der Waals surface area contributed by atoms with Gasteiger partial charge in [-0.15, -0.1) is 0 Å². The highest BCUT2D eigenvalue weighted by Gasteiger charge is 2.16. The van der Waals surface area contributed by atoms with Crippen LogP contribution in [0.1, 0.15) is 25.3 Å². The average Bonchev–Trinajstić information content (AvgIpc) is 2.90. The van der Waals surface area contributed by atoms with Crippen molar-refractivity contribution in [2.45, 2.75) is 26.2 Å². The fraction of sp³-hybridized carbons (Fsp3) is 0.214. The summed E-state index contributed by atoms with van der Waals surface area (Å²) >= 11 is 0. The SMILES string of the molecule is CCCC(=O)Nc1cc2c(Oc3ccc(NC(=O)NCCc4cccc(F)c4)cc3F)ncnc2cc1OC. The van der Waals surface area contributed by atoms with Gasteiger partial charge in [-0.2, -0.15) is 0 Å². The number of carbonyl (C=O) groups excluding carboxylic acids is 2. The minimum Gasteiger partial charge on any atom is -0.494 e. The summed E-state index contributed by atoms with van der Waals surface area (Å²) in [6.07, 6.45) is 2.73. The molecule has 0 unspecified atom stereocenters. The predicted octanol–water partition coefficient (Wildman–Crippen LogP) is 5.81. The third-order valence-corrected chi connectivity index (χ3v) is 5.66. The number of rotatable bonds is 10. The molecule has 4 aromatic rings. The Morgan fingerprint density at radius 1 is 0.974 bits per heavy atom. The number of carbonyl (C=O) groups is 2. The van der Waals surface area contributed by atoms with Gasteiger partial charge in [-0.3, -0.25) is 4.79 Å². The first kappa shape index (κ1) is 27.2. The third kappa shape index (κ3) is 7.16. The van der Waals surface area contributed by atoms with Crippen LogP contribution in [0.5, 0.6) is 17.4 Å². The standard InChI is InChI=1S/C28H27F2N5O4/c1-3-5-26(36)35-23-14-20-22(15-25(23)38-2)32-16-33-27(20)39-24-9-8-19(13-21(24)30)34-28(37)31-11-10-17-6-4-7-18(29)12-17/h4,6-9,12-16H,3,5,10-11H2,1-2H3,(H,35,36)(H2,31,34,37). The molecule has 0 fully saturated rings. The number of amides is 3. The molecule has 0 bridgehead atoms. The Morgan fingerprint density at radius 3 is 2.56 bits per heavy atom. The first-order valence-electron chi connectivity index (χ1n) is 12.3. The van der Waals surface area contributed by atoms with Crippen molar-refractivity contribution in [1.82, 2.24) is 15.3 Å². The van der Waals surface area contributed by atoms with Crippen LogP contribution in [0.25, 0.3) is 10.9 Å². The second kappa shape index (κ2) is 12.6. The Morgan fingerprint density at radius 2 is 1.82 bits per heavy atom. The Balaban J connectivity index is 1.45. The van der Waals surface area contributed by atoms with Gasteiger partial charge >= 0.3 is 6.03 Å². The fourth-order valence-electron chi connectivity index (χ4n) is 3.80. The summed E-state index contributed by atoms with van der Waals surface area (Å²) in [6, 6.07) is 12.8. The summed E-state index contributed by atoms with van der Waals surface area (Å²) in [5.41, 5.74) is 1.83. The zero-order valence-electron chi connectivity index (χ0n) is 21.4. The molecule has 0 aliphatic rings. The molecule has 0 radical (unpaired) electrons. The van der Waals surface area contributed by atoms with E-state index in [0.29, 0.717) is 41.6 Å². The van der Waals surface area contributed by atoms with Crippen LogP contribution in [0.4, 0.5) is 25.0 Å². The van der Waals surface area contributed by atoms with Crippen molar-refractivity contribution in [3.05, 3.63) is 78.1 Å². The lowest BCUT2D eigenvalue weighted by Gasteiger charge is -2.14. The van der Waals surface area contributed by atoms with Gasteiger partial charge in [0.2, 0.25) is 11.8 Å². The summed E-state index contributed by atoms with van der Waals surface area (Å²) in [5.74, 6) is -0.898. The van der Waals surface area contributed by atoms with E-state index in [-0.39, 0.29) is 35.6 Å². The van der Waals surface area contributed by atoms with Gasteiger partial charge in [-0.25, -0.2) is 23.5 Å². The normalized spacial score (nSPS) is 10.7. The highest BCUT2D eigenvalue weighted by atomic mass is 19.1. The molecule has 0 aliphatic heterocycles. The van der Waals surface area contributed by atoms with E-state index in [9.17, 15) is 18.4 Å². The highest BCUT2D eigenvalue weighted by molar-refractivity contribution is 5.97. The molecule has 11 heteroatoms. The molecule has 0 saturated carbocycles. The van der Waals surface area contributed by atoms with Crippen molar-refractivity contribution in [2.24, 2.45) is 0 Å². The maximum Gasteiger partial charge on any atom is 0.319 e. The first-order chi connectivity index (χ1) is 18.9. The Labute approximate surface area is 223 Å². The van der Waals surface area contributed by atoms with Gasteiger partial charge in [0, 0.05) is 30.8 Å². The minimum atomic E-state index is -0.732. The van der Waals surface area contributed by atoms with E-state index in [0.717, 1.165) is 11.6 Å². The van der Waals surface area contributed by atoms with Crippen molar-refractivity contribution >= 4 is 34.2 Å². The van der Waals surface area contributed by atoms with Gasteiger partial charge < -0.3 is 25.4 Å². The van der Waals surface area contributed by atoms with Gasteiger partial charge in [-0.1, -0.05) is 19.1 Å². The fourth-order valence-corrected chi connectivity index (χ4v) is 3.80. The zero-order chi connectivity index (χ0) is 27.8. The van der Waals surface area contributed by atoms with E-state index in [4.69, 9.17) is 9.47 Å². The van der Waals surface area contributed by atoms with Crippen LogP contribution >= 0.6 is 0 Å². The molecule has 0 atom stereocenters. The molecular weight excluding hydrogens is 508 g/mol. The van der Waals surface area contributed by atoms with Crippen LogP contribution in [0.2, 0.25) is 0 Å². The van der Waals surface area contributed by atoms with E-state index in [1.807, 2.05) is 6.92 Å². The van der Waals surface area contributed by atoms with E-state index < -0.39 is 11.8 Å². The quantitative estimate of drug-likeness (QED) is 0.236. The lowest BCUT2D eigenvalue weighted by Crippen LogP contribution is -2.30. The number of aromatic nitrogens is 2. The summed E-state index contributed by atoms with van der Waals surface area (Å²) in [5, 5.41) is 8.43.